The molecule has 92 valence electrons. The first-order chi connectivity index (χ1) is 8.43. The van der Waals surface area contributed by atoms with Crippen molar-refractivity contribution < 1.29 is 0 Å². The number of anilines is 1. The Bertz CT molecular complexity index is 369. The Labute approximate surface area is 104 Å². The molecule has 2 aliphatic heterocycles. The van der Waals surface area contributed by atoms with Gasteiger partial charge in [0, 0.05) is 18.2 Å². The number of likely N-dealkylation sites (tertiary alicyclic amines) is 1. The molecular weight excluding hydrogens is 208 g/mol. The van der Waals surface area contributed by atoms with Gasteiger partial charge in [0.25, 0.3) is 0 Å². The van der Waals surface area contributed by atoms with E-state index in [2.05, 4.69) is 34.5 Å². The van der Waals surface area contributed by atoms with Crippen molar-refractivity contribution >= 4 is 5.69 Å². The molecule has 1 aromatic rings. The highest BCUT2D eigenvalue weighted by Gasteiger charge is 2.21. The van der Waals surface area contributed by atoms with Gasteiger partial charge in [-0.15, -0.1) is 0 Å². The van der Waals surface area contributed by atoms with Gasteiger partial charge in [0.15, 0.2) is 0 Å². The molecule has 2 heteroatoms. The Balaban J connectivity index is 1.50. The number of fused-ring (bicyclic) bond motifs is 1. The molecule has 0 amide bonds. The molecule has 1 saturated heterocycles. The summed E-state index contributed by atoms with van der Waals surface area (Å²) in [5.41, 5.74) is 2.90. The van der Waals surface area contributed by atoms with E-state index in [9.17, 15) is 0 Å². The van der Waals surface area contributed by atoms with Crippen molar-refractivity contribution in [2.45, 2.75) is 31.6 Å². The number of nitrogens with zero attached hydrogens (tertiary/aromatic N) is 1. The maximum atomic E-state index is 3.52. The molecule has 1 atom stereocenters. The van der Waals surface area contributed by atoms with Crippen LogP contribution in [0.5, 0.6) is 0 Å². The lowest BCUT2D eigenvalue weighted by atomic mass is 9.96. The van der Waals surface area contributed by atoms with E-state index in [4.69, 9.17) is 0 Å². The fourth-order valence-corrected chi connectivity index (χ4v) is 3.18. The summed E-state index contributed by atoms with van der Waals surface area (Å²) < 4.78 is 0. The SMILES string of the molecule is c1ccc2c(c1)NCC2CCCN1CCCC1. The molecule has 3 rings (SSSR count). The number of para-hydroxylation sites is 1. The minimum absolute atomic E-state index is 0.744. The van der Waals surface area contributed by atoms with Crippen molar-refractivity contribution in [1.29, 1.82) is 0 Å². The molecule has 1 aromatic carbocycles. The van der Waals surface area contributed by atoms with Crippen molar-refractivity contribution in [2.75, 3.05) is 31.5 Å². The monoisotopic (exact) mass is 230 g/mol. The zero-order chi connectivity index (χ0) is 11.5. The highest BCUT2D eigenvalue weighted by atomic mass is 15.1. The number of benzene rings is 1. The Morgan fingerprint density at radius 1 is 1.18 bits per heavy atom. The summed E-state index contributed by atoms with van der Waals surface area (Å²) >= 11 is 0. The van der Waals surface area contributed by atoms with Crippen LogP contribution in [0.15, 0.2) is 24.3 Å². The lowest BCUT2D eigenvalue weighted by Gasteiger charge is -2.16. The molecule has 1 unspecified atom stereocenters. The number of hydrogen-bond acceptors (Lipinski definition) is 2. The standard InChI is InChI=1S/C15H22N2/c1-2-8-15-14(7-1)13(12-16-15)6-5-11-17-9-3-4-10-17/h1-2,7-8,13,16H,3-6,9-12H2. The predicted octanol–water partition coefficient (Wildman–Crippen LogP) is 3.07. The summed E-state index contributed by atoms with van der Waals surface area (Å²) in [7, 11) is 0. The van der Waals surface area contributed by atoms with Crippen LogP contribution >= 0.6 is 0 Å². The second-order valence-electron chi connectivity index (χ2n) is 5.36. The van der Waals surface area contributed by atoms with Crippen molar-refractivity contribution in [3.63, 3.8) is 0 Å². The average Bonchev–Trinajstić information content (AvgIpc) is 2.99. The van der Waals surface area contributed by atoms with E-state index >= 15 is 0 Å². The van der Waals surface area contributed by atoms with E-state index < -0.39 is 0 Å². The molecule has 2 nitrogen and oxygen atoms in total. The van der Waals surface area contributed by atoms with Gasteiger partial charge >= 0.3 is 0 Å². The Hall–Kier alpha value is -1.02. The molecule has 0 saturated carbocycles. The van der Waals surface area contributed by atoms with Gasteiger partial charge in [-0.3, -0.25) is 0 Å². The fraction of sp³-hybridized carbons (Fsp3) is 0.600. The molecule has 0 radical (unpaired) electrons. The van der Waals surface area contributed by atoms with Crippen LogP contribution in [-0.4, -0.2) is 31.1 Å². The summed E-state index contributed by atoms with van der Waals surface area (Å²) in [6, 6.07) is 8.78. The molecule has 0 aliphatic carbocycles. The van der Waals surface area contributed by atoms with E-state index in [1.165, 1.54) is 56.6 Å². The molecule has 1 N–H and O–H groups in total. The Morgan fingerprint density at radius 3 is 2.88 bits per heavy atom. The maximum absolute atomic E-state index is 3.52. The van der Waals surface area contributed by atoms with Crippen LogP contribution < -0.4 is 5.32 Å². The minimum atomic E-state index is 0.744. The number of rotatable bonds is 4. The molecule has 0 aromatic heterocycles. The third kappa shape index (κ3) is 2.47. The summed E-state index contributed by atoms with van der Waals surface area (Å²) in [6.07, 6.45) is 5.50. The maximum Gasteiger partial charge on any atom is 0.0376 e. The van der Waals surface area contributed by atoms with Gasteiger partial charge < -0.3 is 10.2 Å². The van der Waals surface area contributed by atoms with Gasteiger partial charge in [0.2, 0.25) is 0 Å². The quantitative estimate of drug-likeness (QED) is 0.855. The highest BCUT2D eigenvalue weighted by molar-refractivity contribution is 5.57. The molecule has 17 heavy (non-hydrogen) atoms. The molecule has 2 heterocycles. The molecule has 0 spiro atoms. The van der Waals surface area contributed by atoms with Gasteiger partial charge in [-0.25, -0.2) is 0 Å². The van der Waals surface area contributed by atoms with Gasteiger partial charge in [0.05, 0.1) is 0 Å². The summed E-state index contributed by atoms with van der Waals surface area (Å²) in [6.45, 7) is 5.11. The van der Waals surface area contributed by atoms with Crippen LogP contribution in [0.3, 0.4) is 0 Å². The van der Waals surface area contributed by atoms with Crippen LogP contribution in [0.25, 0.3) is 0 Å². The first kappa shape index (κ1) is 11.1. The third-order valence-corrected chi connectivity index (χ3v) is 4.17. The molecular formula is C15H22N2. The van der Waals surface area contributed by atoms with Gasteiger partial charge in [-0.2, -0.15) is 0 Å². The second kappa shape index (κ2) is 5.09. The van der Waals surface area contributed by atoms with Crippen molar-refractivity contribution in [3.05, 3.63) is 29.8 Å². The average molecular weight is 230 g/mol. The largest absolute Gasteiger partial charge is 0.384 e. The summed E-state index contributed by atoms with van der Waals surface area (Å²) in [5.74, 6) is 0.744. The lowest BCUT2D eigenvalue weighted by Crippen LogP contribution is -2.20. The van der Waals surface area contributed by atoms with Crippen LogP contribution in [0.2, 0.25) is 0 Å². The smallest absolute Gasteiger partial charge is 0.0376 e. The normalized spacial score (nSPS) is 23.6. The lowest BCUT2D eigenvalue weighted by molar-refractivity contribution is 0.326. The van der Waals surface area contributed by atoms with Crippen molar-refractivity contribution in [1.82, 2.24) is 4.90 Å². The third-order valence-electron chi connectivity index (χ3n) is 4.17. The molecule has 2 aliphatic rings. The van der Waals surface area contributed by atoms with E-state index in [-0.39, 0.29) is 0 Å². The van der Waals surface area contributed by atoms with Crippen LogP contribution in [0.1, 0.15) is 37.2 Å². The van der Waals surface area contributed by atoms with Crippen LogP contribution in [0.4, 0.5) is 5.69 Å². The van der Waals surface area contributed by atoms with Crippen LogP contribution in [-0.2, 0) is 0 Å². The van der Waals surface area contributed by atoms with Gasteiger partial charge in [0.1, 0.15) is 0 Å². The van der Waals surface area contributed by atoms with Crippen molar-refractivity contribution in [3.8, 4) is 0 Å². The van der Waals surface area contributed by atoms with Crippen LogP contribution in [0, 0.1) is 0 Å². The second-order valence-corrected chi connectivity index (χ2v) is 5.36. The minimum Gasteiger partial charge on any atom is -0.384 e. The predicted molar refractivity (Wildman–Crippen MR) is 72.6 cm³/mol. The number of hydrogen-bond donors (Lipinski definition) is 1. The summed E-state index contributed by atoms with van der Waals surface area (Å²) in [4.78, 5) is 2.62. The van der Waals surface area contributed by atoms with Crippen molar-refractivity contribution in [2.24, 2.45) is 0 Å². The highest BCUT2D eigenvalue weighted by Crippen LogP contribution is 2.33. The Morgan fingerprint density at radius 2 is 2.00 bits per heavy atom. The first-order valence-electron chi connectivity index (χ1n) is 6.98. The van der Waals surface area contributed by atoms with Gasteiger partial charge in [-0.05, 0) is 56.9 Å². The molecule has 0 bridgehead atoms. The fourth-order valence-electron chi connectivity index (χ4n) is 3.18. The summed E-state index contributed by atoms with van der Waals surface area (Å²) in [5, 5.41) is 3.52. The first-order valence-corrected chi connectivity index (χ1v) is 6.98. The van der Waals surface area contributed by atoms with E-state index in [1.807, 2.05) is 0 Å². The Kier molecular flexibility index (Phi) is 3.32. The van der Waals surface area contributed by atoms with E-state index in [1.54, 1.807) is 0 Å². The zero-order valence-corrected chi connectivity index (χ0v) is 10.5. The molecule has 1 fully saturated rings. The topological polar surface area (TPSA) is 15.3 Å². The van der Waals surface area contributed by atoms with E-state index in [0.717, 1.165) is 12.5 Å². The van der Waals surface area contributed by atoms with E-state index in [0.29, 0.717) is 0 Å². The van der Waals surface area contributed by atoms with Gasteiger partial charge in [-0.1, -0.05) is 18.2 Å². The zero-order valence-electron chi connectivity index (χ0n) is 10.5. The number of nitrogens with one attached hydrogen (secondary N) is 1.